The summed E-state index contributed by atoms with van der Waals surface area (Å²) in [6, 6.07) is 10.2. The molecule has 1 aliphatic rings. The molecule has 3 rings (SSSR count). The lowest BCUT2D eigenvalue weighted by atomic mass is 10.1. The maximum atomic E-state index is 12.6. The number of aromatic carboxylic acids is 1. The molecular weight excluding hydrogens is 268 g/mol. The molecule has 0 fully saturated rings. The van der Waals surface area contributed by atoms with Gasteiger partial charge in [0.1, 0.15) is 5.69 Å². The van der Waals surface area contributed by atoms with Crippen molar-refractivity contribution in [2.24, 2.45) is 0 Å². The van der Waals surface area contributed by atoms with Crippen LogP contribution in [0.15, 0.2) is 36.4 Å². The maximum Gasteiger partial charge on any atom is 0.335 e. The fraction of sp³-hybridized carbons (Fsp3) is 0.188. The quantitative estimate of drug-likeness (QED) is 0.917. The van der Waals surface area contributed by atoms with Crippen LogP contribution < -0.4 is 4.90 Å². The number of amides is 1. The van der Waals surface area contributed by atoms with Gasteiger partial charge in [-0.15, -0.1) is 0 Å². The smallest absolute Gasteiger partial charge is 0.335 e. The van der Waals surface area contributed by atoms with Crippen molar-refractivity contribution < 1.29 is 14.7 Å². The lowest BCUT2D eigenvalue weighted by molar-refractivity contribution is 0.0696. The molecule has 1 amide bonds. The molecule has 1 N–H and O–H groups in total. The van der Waals surface area contributed by atoms with Crippen LogP contribution in [-0.4, -0.2) is 28.5 Å². The van der Waals surface area contributed by atoms with Gasteiger partial charge in [0.05, 0.1) is 5.56 Å². The molecule has 0 radical (unpaired) electrons. The number of benzene rings is 1. The minimum absolute atomic E-state index is 0.186. The van der Waals surface area contributed by atoms with Crippen LogP contribution in [0.1, 0.15) is 32.1 Å². The number of hydrogen-bond acceptors (Lipinski definition) is 3. The van der Waals surface area contributed by atoms with E-state index in [-0.39, 0.29) is 11.5 Å². The van der Waals surface area contributed by atoms with E-state index in [1.54, 1.807) is 35.2 Å². The van der Waals surface area contributed by atoms with Crippen LogP contribution >= 0.6 is 0 Å². The van der Waals surface area contributed by atoms with Crippen molar-refractivity contribution in [1.82, 2.24) is 4.98 Å². The Bertz CT molecular complexity index is 740. The minimum atomic E-state index is -0.995. The van der Waals surface area contributed by atoms with Crippen molar-refractivity contribution in [2.75, 3.05) is 11.4 Å². The average molecular weight is 282 g/mol. The number of hydrogen-bond donors (Lipinski definition) is 1. The molecule has 0 unspecified atom stereocenters. The first-order valence-corrected chi connectivity index (χ1v) is 6.68. The molecule has 2 aromatic rings. The Kier molecular flexibility index (Phi) is 3.17. The lowest BCUT2D eigenvalue weighted by Crippen LogP contribution is -2.29. The van der Waals surface area contributed by atoms with Crippen molar-refractivity contribution in [1.29, 1.82) is 0 Å². The SMILES string of the molecule is Cc1cccc(C(=O)N2CCc3ccc(C(=O)O)cc32)n1. The predicted molar refractivity (Wildman–Crippen MR) is 77.8 cm³/mol. The molecule has 5 heteroatoms. The van der Waals surface area contributed by atoms with Crippen molar-refractivity contribution in [3.8, 4) is 0 Å². The van der Waals surface area contributed by atoms with Gasteiger partial charge in [0, 0.05) is 17.9 Å². The van der Waals surface area contributed by atoms with Gasteiger partial charge in [-0.2, -0.15) is 0 Å². The molecule has 1 aromatic heterocycles. The third-order valence-electron chi connectivity index (χ3n) is 3.58. The second-order valence-electron chi connectivity index (χ2n) is 5.02. The van der Waals surface area contributed by atoms with Gasteiger partial charge in [-0.05, 0) is 43.2 Å². The summed E-state index contributed by atoms with van der Waals surface area (Å²) in [5, 5.41) is 9.08. The Hall–Kier alpha value is -2.69. The van der Waals surface area contributed by atoms with Crippen molar-refractivity contribution in [3.63, 3.8) is 0 Å². The van der Waals surface area contributed by atoms with E-state index in [2.05, 4.69) is 4.98 Å². The van der Waals surface area contributed by atoms with Crippen LogP contribution in [0.2, 0.25) is 0 Å². The molecule has 0 spiro atoms. The highest BCUT2D eigenvalue weighted by atomic mass is 16.4. The van der Waals surface area contributed by atoms with E-state index in [1.165, 1.54) is 0 Å². The molecule has 0 atom stereocenters. The molecule has 2 heterocycles. The Morgan fingerprint density at radius 3 is 2.76 bits per heavy atom. The molecule has 0 saturated carbocycles. The Morgan fingerprint density at radius 2 is 2.05 bits per heavy atom. The molecule has 0 saturated heterocycles. The van der Waals surface area contributed by atoms with E-state index in [0.717, 1.165) is 17.7 Å². The number of fused-ring (bicyclic) bond motifs is 1. The summed E-state index contributed by atoms with van der Waals surface area (Å²) >= 11 is 0. The number of pyridine rings is 1. The second-order valence-corrected chi connectivity index (χ2v) is 5.02. The van der Waals surface area contributed by atoms with Crippen molar-refractivity contribution in [3.05, 3.63) is 58.9 Å². The van der Waals surface area contributed by atoms with Crippen LogP contribution in [0.25, 0.3) is 0 Å². The van der Waals surface area contributed by atoms with Crippen LogP contribution in [0.3, 0.4) is 0 Å². The van der Waals surface area contributed by atoms with Gasteiger partial charge < -0.3 is 10.0 Å². The largest absolute Gasteiger partial charge is 0.478 e. The van der Waals surface area contributed by atoms with E-state index >= 15 is 0 Å². The van der Waals surface area contributed by atoms with Gasteiger partial charge in [-0.25, -0.2) is 9.78 Å². The number of aromatic nitrogens is 1. The summed E-state index contributed by atoms with van der Waals surface area (Å²) in [6.45, 7) is 2.38. The fourth-order valence-electron chi connectivity index (χ4n) is 2.52. The Balaban J connectivity index is 1.98. The van der Waals surface area contributed by atoms with E-state index in [0.29, 0.717) is 17.9 Å². The predicted octanol–water partition coefficient (Wildman–Crippen LogP) is 2.29. The summed E-state index contributed by atoms with van der Waals surface area (Å²) in [7, 11) is 0. The first-order valence-electron chi connectivity index (χ1n) is 6.68. The summed E-state index contributed by atoms with van der Waals surface area (Å²) in [6.07, 6.45) is 0.729. The van der Waals surface area contributed by atoms with E-state index in [9.17, 15) is 9.59 Å². The molecule has 5 nitrogen and oxygen atoms in total. The Morgan fingerprint density at radius 1 is 1.24 bits per heavy atom. The van der Waals surface area contributed by atoms with Gasteiger partial charge in [-0.1, -0.05) is 12.1 Å². The fourth-order valence-corrected chi connectivity index (χ4v) is 2.52. The highest BCUT2D eigenvalue weighted by Gasteiger charge is 2.27. The summed E-state index contributed by atoms with van der Waals surface area (Å²) in [5.74, 6) is -1.19. The Labute approximate surface area is 121 Å². The molecule has 21 heavy (non-hydrogen) atoms. The molecule has 0 aliphatic carbocycles. The van der Waals surface area contributed by atoms with Crippen LogP contribution in [0.4, 0.5) is 5.69 Å². The number of nitrogens with zero attached hydrogens (tertiary/aromatic N) is 2. The van der Waals surface area contributed by atoms with Crippen LogP contribution in [-0.2, 0) is 6.42 Å². The van der Waals surface area contributed by atoms with Crippen LogP contribution in [0.5, 0.6) is 0 Å². The summed E-state index contributed by atoms with van der Waals surface area (Å²) < 4.78 is 0. The lowest BCUT2D eigenvalue weighted by Gasteiger charge is -2.17. The standard InChI is InChI=1S/C16H14N2O3/c1-10-3-2-4-13(17-10)15(19)18-8-7-11-5-6-12(16(20)21)9-14(11)18/h2-6,9H,7-8H2,1H3,(H,20,21). The number of rotatable bonds is 2. The van der Waals surface area contributed by atoms with Gasteiger partial charge in [0.25, 0.3) is 5.91 Å². The first-order chi connectivity index (χ1) is 10.1. The number of carboxylic acids is 1. The molecular formula is C16H14N2O3. The van der Waals surface area contributed by atoms with Gasteiger partial charge >= 0.3 is 5.97 Å². The molecule has 106 valence electrons. The van der Waals surface area contributed by atoms with Crippen molar-refractivity contribution >= 4 is 17.6 Å². The highest BCUT2D eigenvalue weighted by Crippen LogP contribution is 2.30. The number of carbonyl (C=O) groups is 2. The summed E-state index contributed by atoms with van der Waals surface area (Å²) in [4.78, 5) is 29.5. The zero-order valence-corrected chi connectivity index (χ0v) is 11.5. The third-order valence-corrected chi connectivity index (χ3v) is 3.58. The number of aryl methyl sites for hydroxylation is 1. The monoisotopic (exact) mass is 282 g/mol. The summed E-state index contributed by atoms with van der Waals surface area (Å²) in [5.41, 5.74) is 3.00. The molecule has 1 aliphatic heterocycles. The van der Waals surface area contributed by atoms with Crippen LogP contribution in [0, 0.1) is 6.92 Å². The highest BCUT2D eigenvalue weighted by molar-refractivity contribution is 6.06. The van der Waals surface area contributed by atoms with E-state index in [1.807, 2.05) is 13.0 Å². The minimum Gasteiger partial charge on any atom is -0.478 e. The van der Waals surface area contributed by atoms with Gasteiger partial charge in [0.15, 0.2) is 0 Å². The second kappa shape index (κ2) is 5.01. The third kappa shape index (κ3) is 2.38. The number of carbonyl (C=O) groups excluding carboxylic acids is 1. The maximum absolute atomic E-state index is 12.6. The van der Waals surface area contributed by atoms with Gasteiger partial charge in [0.2, 0.25) is 0 Å². The zero-order chi connectivity index (χ0) is 15.0. The topological polar surface area (TPSA) is 70.5 Å². The zero-order valence-electron chi connectivity index (χ0n) is 11.5. The molecule has 1 aromatic carbocycles. The van der Waals surface area contributed by atoms with E-state index < -0.39 is 5.97 Å². The average Bonchev–Trinajstić information content (AvgIpc) is 2.89. The number of carboxylic acid groups (broad SMARTS) is 1. The normalized spacial score (nSPS) is 13.1. The van der Waals surface area contributed by atoms with Crippen molar-refractivity contribution in [2.45, 2.75) is 13.3 Å². The molecule has 0 bridgehead atoms. The van der Waals surface area contributed by atoms with E-state index in [4.69, 9.17) is 5.11 Å². The first kappa shape index (κ1) is 13.3. The van der Waals surface area contributed by atoms with Gasteiger partial charge in [-0.3, -0.25) is 4.79 Å². The number of anilines is 1.